The number of amides is 6. The summed E-state index contributed by atoms with van der Waals surface area (Å²) in [7, 11) is 0. The first-order valence-electron chi connectivity index (χ1n) is 34.7. The predicted molar refractivity (Wildman–Crippen MR) is 383 cm³/mol. The lowest BCUT2D eigenvalue weighted by Crippen LogP contribution is -2.48. The van der Waals surface area contributed by atoms with Gasteiger partial charge in [-0.1, -0.05) is 116 Å². The minimum absolute atomic E-state index is 0.0271. The smallest absolute Gasteiger partial charge is 0.243 e. The second-order valence-electron chi connectivity index (χ2n) is 27.1. The summed E-state index contributed by atoms with van der Waals surface area (Å²) in [4.78, 5) is 108. The number of thiazole rings is 3. The molecule has 3 aliphatic heterocycles. The number of aliphatic hydroxyl groups is 1. The van der Waals surface area contributed by atoms with E-state index in [2.05, 4.69) is 46.4 Å². The van der Waals surface area contributed by atoms with E-state index in [0.29, 0.717) is 29.3 Å². The number of carbonyl (C=O) groups excluding carboxylic acids is 6. The van der Waals surface area contributed by atoms with Crippen LogP contribution in [0, 0.1) is 33.6 Å². The molecule has 0 radical (unpaired) electrons. The summed E-state index contributed by atoms with van der Waals surface area (Å²) >= 11 is 4.68. The largest absolute Gasteiger partial charge is 0.391 e. The normalized spacial score (nSPS) is 19.8. The van der Waals surface area contributed by atoms with Gasteiger partial charge in [-0.3, -0.25) is 28.8 Å². The molecule has 11 atom stereocenters. The van der Waals surface area contributed by atoms with E-state index in [0.717, 1.165) is 65.1 Å². The summed E-state index contributed by atoms with van der Waals surface area (Å²) in [6, 6.07) is 25.3. The second-order valence-corrected chi connectivity index (χ2v) is 29.7. The van der Waals surface area contributed by atoms with E-state index < -0.39 is 66.3 Å². The van der Waals surface area contributed by atoms with Gasteiger partial charge in [0.1, 0.15) is 52.7 Å². The van der Waals surface area contributed by atoms with E-state index >= 15 is 4.79 Å². The zero-order valence-corrected chi connectivity index (χ0v) is 61.2. The van der Waals surface area contributed by atoms with Gasteiger partial charge in [0.25, 0.3) is 0 Å². The Bertz CT molecular complexity index is 4410. The minimum atomic E-state index is -0.970. The van der Waals surface area contributed by atoms with Crippen LogP contribution in [0.5, 0.6) is 0 Å². The van der Waals surface area contributed by atoms with Crippen molar-refractivity contribution < 1.29 is 56.9 Å². The molecular formula is C75H86N12O12S3. The summed E-state index contributed by atoms with van der Waals surface area (Å²) < 4.78 is 30.5. The van der Waals surface area contributed by atoms with Crippen LogP contribution in [0.1, 0.15) is 172 Å². The van der Waals surface area contributed by atoms with Gasteiger partial charge >= 0.3 is 0 Å². The Morgan fingerprint density at radius 1 is 0.529 bits per heavy atom. The zero-order valence-electron chi connectivity index (χ0n) is 58.8. The maximum absolute atomic E-state index is 15.2. The molecule has 6 aromatic heterocycles. The summed E-state index contributed by atoms with van der Waals surface area (Å²) in [6.45, 7) is 19.2. The highest BCUT2D eigenvalue weighted by molar-refractivity contribution is 7.14. The summed E-state index contributed by atoms with van der Waals surface area (Å²) in [6.07, 6.45) is -1.17. The molecule has 0 spiro atoms. The van der Waals surface area contributed by atoms with E-state index in [9.17, 15) is 29.1 Å². The summed E-state index contributed by atoms with van der Waals surface area (Å²) in [5.41, 5.74) is 15.3. The van der Waals surface area contributed by atoms with Crippen LogP contribution in [-0.4, -0.2) is 142 Å². The van der Waals surface area contributed by atoms with Crippen LogP contribution < -0.4 is 16.0 Å². The third-order valence-electron chi connectivity index (χ3n) is 19.6. The van der Waals surface area contributed by atoms with Crippen molar-refractivity contribution in [3.05, 3.63) is 176 Å². The number of nitrogens with one attached hydrogen (secondary N) is 3. The highest BCUT2D eigenvalue weighted by atomic mass is 32.1. The molecular weight excluding hydrogens is 1360 g/mol. The third kappa shape index (κ3) is 16.2. The Morgan fingerprint density at radius 2 is 0.941 bits per heavy atom. The van der Waals surface area contributed by atoms with Crippen LogP contribution in [-0.2, 0) is 58.0 Å². The number of nitrogens with zero attached hydrogens (tertiary/aromatic N) is 9. The number of β-amino-alcohol motifs (C(OH)–C–C–N with tert-alkyl or cyclic N) is 1. The van der Waals surface area contributed by atoms with Crippen LogP contribution in [0.2, 0.25) is 0 Å². The molecule has 27 heteroatoms. The fraction of sp³-hybridized carbons (Fsp3) is 0.440. The Morgan fingerprint density at radius 3 is 1.34 bits per heavy atom. The number of aryl methyl sites for hydroxylation is 4. The molecule has 0 unspecified atom stereocenters. The van der Waals surface area contributed by atoms with Gasteiger partial charge in [0.05, 0.1) is 109 Å². The van der Waals surface area contributed by atoms with E-state index in [-0.39, 0.29) is 118 Å². The number of ether oxygens (including phenoxy) is 2. The van der Waals surface area contributed by atoms with Crippen molar-refractivity contribution in [3.8, 4) is 31.3 Å². The minimum Gasteiger partial charge on any atom is -0.391 e. The first kappa shape index (κ1) is 72.7. The fourth-order valence-electron chi connectivity index (χ4n) is 13.9. The molecule has 12 rings (SSSR count). The number of likely N-dealkylation sites (tertiary alicyclic amines) is 3. The maximum Gasteiger partial charge on any atom is 0.243 e. The average Bonchev–Trinajstić information content (AvgIpc) is 1.68. The number of rotatable bonds is 27. The number of benzene rings is 3. The molecule has 0 bridgehead atoms. The molecule has 3 fully saturated rings. The van der Waals surface area contributed by atoms with E-state index in [1.807, 2.05) is 152 Å². The predicted octanol–water partition coefficient (Wildman–Crippen LogP) is 11.4. The number of hydrogen-bond acceptors (Lipinski definition) is 21. The van der Waals surface area contributed by atoms with Crippen molar-refractivity contribution in [2.75, 3.05) is 19.6 Å². The first-order valence-corrected chi connectivity index (χ1v) is 37.3. The SMILES string of the molecule is CC[C@@H](C(=O)N1C[C@H](O)C[C@H]1C(=O)NCc1ccc(-c2scnc2C)cc1)c1cc(CO[C@@H]2C[C@@H](C(=O)N[C@@H](C)c3ccc(-c4scnc4C)cc3)N(C(=O)[C@H](CC)c3cc(CO[C@@H]4C[C@@H](C(=O)N[C@@H](C)c5ccc(-c6scnc6C)cc5)N(C(=O)[C@@H](c5cc(C)no5)C(C)C)C4)no3)C2)no1. The lowest BCUT2D eigenvalue weighted by atomic mass is 9.91. The van der Waals surface area contributed by atoms with E-state index in [4.69, 9.17) is 23.0 Å². The molecule has 9 aromatic rings. The van der Waals surface area contributed by atoms with Crippen molar-refractivity contribution in [2.24, 2.45) is 5.92 Å². The summed E-state index contributed by atoms with van der Waals surface area (Å²) in [5.74, 6) is -3.85. The Labute approximate surface area is 603 Å². The van der Waals surface area contributed by atoms with Crippen LogP contribution in [0.4, 0.5) is 0 Å². The Kier molecular flexibility index (Phi) is 22.8. The van der Waals surface area contributed by atoms with Crippen LogP contribution in [0.3, 0.4) is 0 Å². The van der Waals surface area contributed by atoms with Gasteiger partial charge in [0, 0.05) is 63.6 Å². The highest BCUT2D eigenvalue weighted by Crippen LogP contribution is 2.37. The lowest BCUT2D eigenvalue weighted by Gasteiger charge is -2.29. The Hall–Kier alpha value is -9.12. The van der Waals surface area contributed by atoms with Crippen LogP contribution >= 0.6 is 34.0 Å². The number of hydrogen-bond donors (Lipinski definition) is 4. The molecule has 0 saturated carbocycles. The molecule has 3 aliphatic rings. The quantitative estimate of drug-likeness (QED) is 0.0372. The average molecular weight is 1440 g/mol. The number of carbonyl (C=O) groups is 6. The van der Waals surface area contributed by atoms with Gasteiger partial charge in [-0.2, -0.15) is 0 Å². The highest BCUT2D eigenvalue weighted by Gasteiger charge is 2.47. The number of aliphatic hydroxyl groups excluding tert-OH is 1. The van der Waals surface area contributed by atoms with Gasteiger partial charge in [-0.15, -0.1) is 34.0 Å². The van der Waals surface area contributed by atoms with Crippen molar-refractivity contribution in [1.82, 2.24) is 61.1 Å². The maximum atomic E-state index is 15.2. The van der Waals surface area contributed by atoms with E-state index in [1.165, 1.54) is 9.80 Å². The molecule has 102 heavy (non-hydrogen) atoms. The molecule has 6 amide bonds. The van der Waals surface area contributed by atoms with Crippen LogP contribution in [0.25, 0.3) is 31.3 Å². The molecule has 536 valence electrons. The lowest BCUT2D eigenvalue weighted by molar-refractivity contribution is -0.141. The third-order valence-corrected chi connectivity index (χ3v) is 22.6. The second kappa shape index (κ2) is 32.0. The Balaban J connectivity index is 0.712. The van der Waals surface area contributed by atoms with Crippen molar-refractivity contribution in [3.63, 3.8) is 0 Å². The van der Waals surface area contributed by atoms with Crippen molar-refractivity contribution in [1.29, 1.82) is 0 Å². The van der Waals surface area contributed by atoms with E-state index in [1.54, 1.807) is 64.0 Å². The van der Waals surface area contributed by atoms with Gasteiger partial charge in [-0.25, -0.2) is 15.0 Å². The topological polar surface area (TPSA) is 304 Å². The van der Waals surface area contributed by atoms with Gasteiger partial charge < -0.3 is 58.8 Å². The van der Waals surface area contributed by atoms with Crippen LogP contribution in [0.15, 0.2) is 121 Å². The first-order chi connectivity index (χ1) is 49.1. The molecule has 4 N–H and O–H groups in total. The molecule has 3 aromatic carbocycles. The standard InChI is InChI=1S/C75H86N12O12S3/c1-11-58(73(92)85-32-55(88)28-60(85)70(89)76-31-47-13-15-50(16-14-47)67-44(8)77-37-100-67)63-26-53(83-97-63)35-95-56-29-61(71(90)80-42(6)48-17-21-51(22-18-48)68-45(9)78-38-101-68)86(33-56)74(93)59(12-2)64-27-54(84-98-64)36-96-57-30-62(87(34-57)75(94)66(40(3)4)65-25-41(5)82-99-65)72(91)81-43(7)49-19-23-52(24-20-49)69-46(10)79-39-102-69/h13-27,37-40,42-43,55-62,66,88H,11-12,28-36H2,1-10H3,(H,76,89)(H,80,90)(H,81,91)/t42-,43-,55+,56+,57+,58+,59+,60-,61-,62-,66+/m0/s1. The molecule has 0 aliphatic carbocycles. The summed E-state index contributed by atoms with van der Waals surface area (Å²) in [5, 5.41) is 32.9. The molecule has 24 nitrogen and oxygen atoms in total. The monoisotopic (exact) mass is 1440 g/mol. The van der Waals surface area contributed by atoms with Gasteiger partial charge in [0.15, 0.2) is 0 Å². The van der Waals surface area contributed by atoms with Gasteiger partial charge in [0.2, 0.25) is 35.4 Å². The fourth-order valence-corrected chi connectivity index (χ4v) is 16.4. The molecule has 3 saturated heterocycles. The van der Waals surface area contributed by atoms with Gasteiger partial charge in [-0.05, 0) is 93.7 Å². The number of aromatic nitrogens is 6. The van der Waals surface area contributed by atoms with Crippen molar-refractivity contribution in [2.45, 2.75) is 187 Å². The zero-order chi connectivity index (χ0) is 72.0. The molecule has 9 heterocycles. The van der Waals surface area contributed by atoms with Crippen molar-refractivity contribution >= 4 is 69.5 Å².